The molecule has 3 heterocycles. The summed E-state index contributed by atoms with van der Waals surface area (Å²) in [6.07, 6.45) is 0.243. The molecule has 194 valence electrons. The lowest BCUT2D eigenvalue weighted by molar-refractivity contribution is -0.732. The van der Waals surface area contributed by atoms with Crippen molar-refractivity contribution in [1.29, 1.82) is 0 Å². The lowest BCUT2D eigenvalue weighted by Crippen LogP contribution is -2.99. The maximum absolute atomic E-state index is 13.9. The average molecular weight is 528 g/mol. The van der Waals surface area contributed by atoms with Gasteiger partial charge in [-0.1, -0.05) is 17.7 Å². The number of hydrogen-bond donors (Lipinski definition) is 3. The minimum Gasteiger partial charge on any atom is -0.493 e. The van der Waals surface area contributed by atoms with Gasteiger partial charge < -0.3 is 25.8 Å². The smallest absolute Gasteiger partial charge is 0.291 e. The van der Waals surface area contributed by atoms with E-state index in [4.69, 9.17) is 26.8 Å². The van der Waals surface area contributed by atoms with Crippen LogP contribution in [0, 0.1) is 18.8 Å². The molecule has 2 saturated heterocycles. The van der Waals surface area contributed by atoms with Gasteiger partial charge in [-0.25, -0.2) is 0 Å². The van der Waals surface area contributed by atoms with Gasteiger partial charge in [-0.05, 0) is 48.7 Å². The van der Waals surface area contributed by atoms with Gasteiger partial charge in [0.1, 0.15) is 17.9 Å². The number of primary amides is 1. The van der Waals surface area contributed by atoms with Crippen LogP contribution in [0.3, 0.4) is 0 Å². The largest absolute Gasteiger partial charge is 0.493 e. The topological polar surface area (TPSA) is 145 Å². The lowest BCUT2D eigenvalue weighted by Gasteiger charge is -2.26. The van der Waals surface area contributed by atoms with Crippen molar-refractivity contribution < 1.29 is 34.0 Å². The maximum Gasteiger partial charge on any atom is 0.291 e. The van der Waals surface area contributed by atoms with Crippen molar-refractivity contribution in [2.24, 2.45) is 17.6 Å². The quantitative estimate of drug-likeness (QED) is 0.447. The van der Waals surface area contributed by atoms with Gasteiger partial charge in [0.2, 0.25) is 23.3 Å². The van der Waals surface area contributed by atoms with Gasteiger partial charge in [-0.15, -0.1) is 0 Å². The third-order valence-corrected chi connectivity index (χ3v) is 8.25. The van der Waals surface area contributed by atoms with Crippen LogP contribution in [0.4, 0.5) is 5.69 Å². The Morgan fingerprint density at radius 1 is 1.14 bits per heavy atom. The van der Waals surface area contributed by atoms with Crippen LogP contribution < -0.4 is 25.8 Å². The van der Waals surface area contributed by atoms with Gasteiger partial charge in [0.05, 0.1) is 26.3 Å². The van der Waals surface area contributed by atoms with E-state index in [1.165, 1.54) is 12.0 Å². The van der Waals surface area contributed by atoms with E-state index < -0.39 is 47.0 Å². The zero-order valence-electron chi connectivity index (χ0n) is 20.7. The molecular weight excluding hydrogens is 500 g/mol. The highest BCUT2D eigenvalue weighted by Crippen LogP contribution is 2.50. The van der Waals surface area contributed by atoms with Crippen LogP contribution in [0.15, 0.2) is 30.3 Å². The minimum atomic E-state index is -1.39. The molecule has 3 aliphatic rings. The predicted octanol–water partition coefficient (Wildman–Crippen LogP) is 0.478. The monoisotopic (exact) mass is 527 g/mol. The Morgan fingerprint density at radius 3 is 2.54 bits per heavy atom. The molecule has 2 fully saturated rings. The molecule has 5 rings (SSSR count). The Balaban J connectivity index is 1.51. The number of halogens is 1. The average Bonchev–Trinajstić information content (AvgIpc) is 3.44. The summed E-state index contributed by atoms with van der Waals surface area (Å²) in [5.74, 6) is -2.57. The van der Waals surface area contributed by atoms with Crippen molar-refractivity contribution in [2.75, 3.05) is 26.1 Å². The van der Waals surface area contributed by atoms with Crippen molar-refractivity contribution >= 4 is 40.9 Å². The van der Waals surface area contributed by atoms with Crippen LogP contribution in [-0.2, 0) is 31.1 Å². The summed E-state index contributed by atoms with van der Waals surface area (Å²) in [5.41, 5.74) is 6.77. The van der Waals surface area contributed by atoms with Crippen LogP contribution in [0.1, 0.15) is 23.1 Å². The number of nitrogens with two attached hydrogens (primary N) is 2. The van der Waals surface area contributed by atoms with Crippen LogP contribution >= 0.6 is 11.6 Å². The molecule has 4 atom stereocenters. The van der Waals surface area contributed by atoms with Crippen molar-refractivity contribution in [2.45, 2.75) is 31.3 Å². The first-order chi connectivity index (χ1) is 17.6. The van der Waals surface area contributed by atoms with E-state index in [1.54, 1.807) is 43.6 Å². The molecule has 5 N–H and O–H groups in total. The number of quaternary nitrogens is 1. The summed E-state index contributed by atoms with van der Waals surface area (Å²) in [6.45, 7) is 1.90. The first-order valence-corrected chi connectivity index (χ1v) is 12.3. The normalized spacial score (nSPS) is 25.9. The first-order valence-electron chi connectivity index (χ1n) is 12.0. The number of nitrogens with zero attached hydrogens (tertiary/aromatic N) is 1. The molecule has 2 aromatic carbocycles. The van der Waals surface area contributed by atoms with Crippen LogP contribution in [0.2, 0.25) is 5.02 Å². The molecule has 0 radical (unpaired) electrons. The highest BCUT2D eigenvalue weighted by molar-refractivity contribution is 6.32. The Morgan fingerprint density at radius 2 is 1.86 bits per heavy atom. The molecule has 4 amide bonds. The van der Waals surface area contributed by atoms with E-state index in [1.807, 2.05) is 6.07 Å². The van der Waals surface area contributed by atoms with Crippen LogP contribution in [0.25, 0.3) is 0 Å². The number of ether oxygens (including phenoxy) is 2. The third-order valence-electron chi connectivity index (χ3n) is 7.84. The first kappa shape index (κ1) is 25.0. The summed E-state index contributed by atoms with van der Waals surface area (Å²) >= 11 is 6.29. The number of likely N-dealkylation sites (tertiary alicyclic amines) is 1. The maximum atomic E-state index is 13.9. The molecule has 1 spiro atoms. The number of amides is 4. The fourth-order valence-electron chi connectivity index (χ4n) is 6.13. The van der Waals surface area contributed by atoms with Crippen molar-refractivity contribution in [3.63, 3.8) is 0 Å². The predicted molar refractivity (Wildman–Crippen MR) is 133 cm³/mol. The number of carbonyl (C=O) groups excluding carboxylic acids is 4. The van der Waals surface area contributed by atoms with Crippen LogP contribution in [-0.4, -0.2) is 55.3 Å². The number of nitrogens with one attached hydrogen (secondary N) is 1. The zero-order chi connectivity index (χ0) is 26.6. The SMILES string of the molecule is COc1ccc(CCN2C(=O)[C@@H]3[C@H](CC(N)=O)[NH2+][C@@]4(C(=O)Nc5c4ccc(Cl)c5C)[C@@H]3C2=O)cc1OC. The Kier molecular flexibility index (Phi) is 6.12. The molecule has 0 bridgehead atoms. The van der Waals surface area contributed by atoms with Gasteiger partial charge in [-0.2, -0.15) is 0 Å². The molecule has 37 heavy (non-hydrogen) atoms. The zero-order valence-corrected chi connectivity index (χ0v) is 21.4. The van der Waals surface area contributed by atoms with E-state index in [9.17, 15) is 19.2 Å². The number of fused-ring (bicyclic) bond motifs is 4. The number of benzene rings is 2. The summed E-state index contributed by atoms with van der Waals surface area (Å²) < 4.78 is 10.6. The van der Waals surface area contributed by atoms with Gasteiger partial charge in [0, 0.05) is 17.1 Å². The Bertz CT molecular complexity index is 1350. The molecular formula is C26H28ClN4O6+. The summed E-state index contributed by atoms with van der Waals surface area (Å²) in [5, 5.41) is 5.04. The minimum absolute atomic E-state index is 0.119. The van der Waals surface area contributed by atoms with Crippen LogP contribution in [0.5, 0.6) is 11.5 Å². The molecule has 0 saturated carbocycles. The lowest BCUT2D eigenvalue weighted by atomic mass is 9.76. The highest BCUT2D eigenvalue weighted by Gasteiger charge is 2.74. The summed E-state index contributed by atoms with van der Waals surface area (Å²) in [7, 11) is 3.07. The Hall–Kier alpha value is -3.63. The van der Waals surface area contributed by atoms with E-state index in [-0.39, 0.29) is 13.0 Å². The van der Waals surface area contributed by atoms with E-state index >= 15 is 0 Å². The molecule has 0 aromatic heterocycles. The van der Waals surface area contributed by atoms with Crippen molar-refractivity contribution in [3.05, 3.63) is 52.0 Å². The summed E-state index contributed by atoms with van der Waals surface area (Å²) in [4.78, 5) is 54.2. The number of rotatable bonds is 7. The fraction of sp³-hybridized carbons (Fsp3) is 0.385. The summed E-state index contributed by atoms with van der Waals surface area (Å²) in [6, 6.07) is 8.13. The van der Waals surface area contributed by atoms with E-state index in [0.29, 0.717) is 39.8 Å². The molecule has 0 aliphatic carbocycles. The molecule has 10 nitrogen and oxygen atoms in total. The fourth-order valence-corrected chi connectivity index (χ4v) is 6.28. The van der Waals surface area contributed by atoms with Crippen molar-refractivity contribution in [1.82, 2.24) is 4.90 Å². The van der Waals surface area contributed by atoms with E-state index in [0.717, 1.165) is 5.56 Å². The number of hydrogen-bond acceptors (Lipinski definition) is 6. The second-order valence-electron chi connectivity index (χ2n) is 9.69. The van der Waals surface area contributed by atoms with Crippen molar-refractivity contribution in [3.8, 4) is 11.5 Å². The van der Waals surface area contributed by atoms with Gasteiger partial charge >= 0.3 is 0 Å². The number of methoxy groups -OCH3 is 2. The second-order valence-corrected chi connectivity index (χ2v) is 10.1. The van der Waals surface area contributed by atoms with E-state index in [2.05, 4.69) is 5.32 Å². The standard InChI is InChI=1S/C26H27ClN4O6/c1-12-15(27)6-5-14-22(12)29-25(35)26(14)21-20(16(30-26)11-19(28)32)23(33)31(24(21)34)9-8-13-4-7-17(36-2)18(10-13)37-3/h4-7,10,16,20-21,30H,8-9,11H2,1-3H3,(H2,28,32)(H,29,35)/p+1/t16-,20+,21-,26+/m0/s1. The van der Waals surface area contributed by atoms with Gasteiger partial charge in [-0.3, -0.25) is 24.1 Å². The molecule has 2 aromatic rings. The third kappa shape index (κ3) is 3.66. The molecule has 0 unspecified atom stereocenters. The number of imide groups is 1. The second kappa shape index (κ2) is 9.04. The number of carbonyl (C=O) groups is 4. The van der Waals surface area contributed by atoms with Gasteiger partial charge in [0.25, 0.3) is 5.91 Å². The number of anilines is 1. The van der Waals surface area contributed by atoms with Gasteiger partial charge in [0.15, 0.2) is 11.5 Å². The Labute approximate surface area is 218 Å². The highest BCUT2D eigenvalue weighted by atomic mass is 35.5. The molecule has 3 aliphatic heterocycles. The molecule has 11 heteroatoms.